The summed E-state index contributed by atoms with van der Waals surface area (Å²) in [5, 5.41) is 0. The van der Waals surface area contributed by atoms with Gasteiger partial charge in [0.2, 0.25) is 0 Å². The first-order valence-electron chi connectivity index (χ1n) is 6.44. The number of rotatable bonds is 5. The van der Waals surface area contributed by atoms with Crippen LogP contribution in [0.25, 0.3) is 0 Å². The summed E-state index contributed by atoms with van der Waals surface area (Å²) in [6, 6.07) is 16.1. The predicted molar refractivity (Wildman–Crippen MR) is 81.1 cm³/mol. The minimum absolute atomic E-state index is 0.858. The second-order valence-corrected chi connectivity index (χ2v) is 6.13. The van der Waals surface area contributed by atoms with Gasteiger partial charge in [0.05, 0.1) is 0 Å². The van der Waals surface area contributed by atoms with Crippen LogP contribution in [-0.4, -0.2) is 6.16 Å². The summed E-state index contributed by atoms with van der Waals surface area (Å²) in [5.41, 5.74) is 2.39. The molecule has 0 aromatic heterocycles. The second kappa shape index (κ2) is 6.58. The molecule has 0 aliphatic heterocycles. The summed E-state index contributed by atoms with van der Waals surface area (Å²) in [5.74, 6) is 1.75. The van der Waals surface area contributed by atoms with Crippen molar-refractivity contribution in [2.75, 3.05) is 6.16 Å². The standard InChI is InChI=1S/C16H19O2P/c1-4-19(17-15-9-5-7-13(2)11-15)18-16-10-6-8-14(3)12-16/h5-12H,4H2,1-3H3. The molecule has 0 spiro atoms. The van der Waals surface area contributed by atoms with Crippen molar-refractivity contribution >= 4 is 8.38 Å². The van der Waals surface area contributed by atoms with E-state index in [4.69, 9.17) is 9.05 Å². The van der Waals surface area contributed by atoms with Gasteiger partial charge in [-0.1, -0.05) is 31.2 Å². The van der Waals surface area contributed by atoms with Crippen LogP contribution >= 0.6 is 8.38 Å². The van der Waals surface area contributed by atoms with Gasteiger partial charge in [0.1, 0.15) is 11.5 Å². The average molecular weight is 274 g/mol. The first kappa shape index (κ1) is 13.9. The molecule has 0 saturated heterocycles. The molecule has 2 aromatic carbocycles. The molecule has 0 unspecified atom stereocenters. The molecule has 0 saturated carbocycles. The third kappa shape index (κ3) is 4.25. The Morgan fingerprint density at radius 1 is 0.842 bits per heavy atom. The van der Waals surface area contributed by atoms with Crippen molar-refractivity contribution in [3.05, 3.63) is 59.7 Å². The van der Waals surface area contributed by atoms with E-state index in [1.807, 2.05) is 36.4 Å². The Kier molecular flexibility index (Phi) is 4.81. The van der Waals surface area contributed by atoms with E-state index >= 15 is 0 Å². The molecule has 19 heavy (non-hydrogen) atoms. The lowest BCUT2D eigenvalue weighted by Gasteiger charge is -2.17. The van der Waals surface area contributed by atoms with Crippen LogP contribution in [0, 0.1) is 13.8 Å². The Labute approximate surface area is 116 Å². The molecular formula is C16H19O2P. The highest BCUT2D eigenvalue weighted by Crippen LogP contribution is 2.40. The van der Waals surface area contributed by atoms with E-state index in [0.717, 1.165) is 17.7 Å². The molecule has 0 fully saturated rings. The quantitative estimate of drug-likeness (QED) is 0.707. The Bertz CT molecular complexity index is 492. The molecule has 0 atom stereocenters. The topological polar surface area (TPSA) is 18.5 Å². The lowest BCUT2D eigenvalue weighted by molar-refractivity contribution is 0.490. The Hall–Kier alpha value is -1.53. The number of benzene rings is 2. The van der Waals surface area contributed by atoms with E-state index in [1.165, 1.54) is 11.1 Å². The molecule has 0 radical (unpaired) electrons. The van der Waals surface area contributed by atoms with Crippen molar-refractivity contribution in [2.24, 2.45) is 0 Å². The lowest BCUT2D eigenvalue weighted by Crippen LogP contribution is -1.98. The van der Waals surface area contributed by atoms with Gasteiger partial charge in [-0.15, -0.1) is 0 Å². The van der Waals surface area contributed by atoms with Crippen LogP contribution in [0.2, 0.25) is 0 Å². The van der Waals surface area contributed by atoms with E-state index in [1.54, 1.807) is 0 Å². The fourth-order valence-electron chi connectivity index (χ4n) is 1.73. The van der Waals surface area contributed by atoms with Gasteiger partial charge in [0, 0.05) is 6.16 Å². The minimum Gasteiger partial charge on any atom is -0.439 e. The molecule has 0 N–H and O–H groups in total. The highest BCUT2D eigenvalue weighted by molar-refractivity contribution is 7.48. The zero-order chi connectivity index (χ0) is 13.7. The first-order valence-corrected chi connectivity index (χ1v) is 7.80. The van der Waals surface area contributed by atoms with Gasteiger partial charge in [0.15, 0.2) is 0 Å². The summed E-state index contributed by atoms with van der Waals surface area (Å²) in [7, 11) is -0.936. The SMILES string of the molecule is CCP(Oc1cccc(C)c1)Oc1cccc(C)c1. The third-order valence-electron chi connectivity index (χ3n) is 2.65. The van der Waals surface area contributed by atoms with Crippen molar-refractivity contribution in [1.29, 1.82) is 0 Å². The number of hydrogen-bond donors (Lipinski definition) is 0. The zero-order valence-corrected chi connectivity index (χ0v) is 12.5. The summed E-state index contributed by atoms with van der Waals surface area (Å²) in [6.07, 6.45) is 0.858. The first-order chi connectivity index (χ1) is 9.17. The number of hydrogen-bond acceptors (Lipinski definition) is 2. The maximum atomic E-state index is 5.93. The van der Waals surface area contributed by atoms with E-state index in [9.17, 15) is 0 Å². The summed E-state index contributed by atoms with van der Waals surface area (Å²) >= 11 is 0. The molecule has 0 bridgehead atoms. The largest absolute Gasteiger partial charge is 0.439 e. The van der Waals surface area contributed by atoms with Crippen LogP contribution < -0.4 is 9.05 Å². The van der Waals surface area contributed by atoms with Gasteiger partial charge in [-0.05, 0) is 49.2 Å². The molecule has 100 valence electrons. The van der Waals surface area contributed by atoms with Gasteiger partial charge in [0.25, 0.3) is 8.38 Å². The van der Waals surface area contributed by atoms with Crippen LogP contribution in [0.15, 0.2) is 48.5 Å². The summed E-state index contributed by atoms with van der Waals surface area (Å²) < 4.78 is 11.9. The highest BCUT2D eigenvalue weighted by Gasteiger charge is 2.12. The minimum atomic E-state index is -0.936. The Morgan fingerprint density at radius 2 is 1.32 bits per heavy atom. The molecule has 2 aromatic rings. The second-order valence-electron chi connectivity index (χ2n) is 4.46. The smallest absolute Gasteiger partial charge is 0.290 e. The molecule has 0 aliphatic carbocycles. The molecule has 0 aliphatic rings. The van der Waals surface area contributed by atoms with Crippen molar-refractivity contribution < 1.29 is 9.05 Å². The highest BCUT2D eigenvalue weighted by atomic mass is 31.2. The molecule has 0 amide bonds. The van der Waals surface area contributed by atoms with Gasteiger partial charge in [-0.2, -0.15) is 0 Å². The summed E-state index contributed by atoms with van der Waals surface area (Å²) in [6.45, 7) is 6.20. The lowest BCUT2D eigenvalue weighted by atomic mass is 10.2. The van der Waals surface area contributed by atoms with Gasteiger partial charge in [-0.3, -0.25) is 0 Å². The maximum Gasteiger partial charge on any atom is 0.290 e. The van der Waals surface area contributed by atoms with E-state index < -0.39 is 8.38 Å². The van der Waals surface area contributed by atoms with Crippen molar-refractivity contribution in [1.82, 2.24) is 0 Å². The molecular weight excluding hydrogens is 255 g/mol. The Morgan fingerprint density at radius 3 is 1.68 bits per heavy atom. The van der Waals surface area contributed by atoms with Crippen LogP contribution in [0.3, 0.4) is 0 Å². The average Bonchev–Trinajstić information content (AvgIpc) is 2.38. The fraction of sp³-hybridized carbons (Fsp3) is 0.250. The van der Waals surface area contributed by atoms with Crippen LogP contribution in [0.5, 0.6) is 11.5 Å². The number of aryl methyl sites for hydroxylation is 2. The third-order valence-corrected chi connectivity index (χ3v) is 4.00. The van der Waals surface area contributed by atoms with Crippen molar-refractivity contribution in [3.63, 3.8) is 0 Å². The van der Waals surface area contributed by atoms with Gasteiger partial charge >= 0.3 is 0 Å². The van der Waals surface area contributed by atoms with E-state index in [-0.39, 0.29) is 0 Å². The molecule has 2 rings (SSSR count). The van der Waals surface area contributed by atoms with Crippen LogP contribution in [0.1, 0.15) is 18.1 Å². The van der Waals surface area contributed by atoms with Gasteiger partial charge < -0.3 is 9.05 Å². The van der Waals surface area contributed by atoms with Crippen molar-refractivity contribution in [3.8, 4) is 11.5 Å². The van der Waals surface area contributed by atoms with Gasteiger partial charge in [-0.25, -0.2) is 0 Å². The van der Waals surface area contributed by atoms with E-state index in [2.05, 4.69) is 32.9 Å². The van der Waals surface area contributed by atoms with Crippen LogP contribution in [0.4, 0.5) is 0 Å². The monoisotopic (exact) mass is 274 g/mol. The summed E-state index contributed by atoms with van der Waals surface area (Å²) in [4.78, 5) is 0. The molecule has 2 nitrogen and oxygen atoms in total. The zero-order valence-electron chi connectivity index (χ0n) is 11.6. The normalized spacial score (nSPS) is 10.5. The maximum absolute atomic E-state index is 5.93. The van der Waals surface area contributed by atoms with Crippen LogP contribution in [-0.2, 0) is 0 Å². The predicted octanol–water partition coefficient (Wildman–Crippen LogP) is 5.09. The van der Waals surface area contributed by atoms with Crippen molar-refractivity contribution in [2.45, 2.75) is 20.8 Å². The molecule has 3 heteroatoms. The van der Waals surface area contributed by atoms with E-state index in [0.29, 0.717) is 0 Å². The Balaban J connectivity index is 2.04. The molecule has 0 heterocycles. The fourth-order valence-corrected chi connectivity index (χ4v) is 2.72.